The first-order chi connectivity index (χ1) is 10.1. The maximum absolute atomic E-state index is 11.8. The molecule has 11 nitrogen and oxygen atoms in total. The highest BCUT2D eigenvalue weighted by Crippen LogP contribution is 2.38. The fraction of sp³-hybridized carbons (Fsp3) is 0.556. The summed E-state index contributed by atoms with van der Waals surface area (Å²) in [6.45, 7) is -0.669. The van der Waals surface area contributed by atoms with Crippen molar-refractivity contribution in [2.75, 3.05) is 12.3 Å². The van der Waals surface area contributed by atoms with E-state index >= 15 is 0 Å². The van der Waals surface area contributed by atoms with E-state index in [2.05, 4.69) is 25.4 Å². The average molecular weight is 402 g/mol. The number of ether oxygens (including phenoxy) is 1. The van der Waals surface area contributed by atoms with Crippen LogP contribution in [0.5, 0.6) is 0 Å². The summed E-state index contributed by atoms with van der Waals surface area (Å²) in [4.78, 5) is 32.5. The van der Waals surface area contributed by atoms with E-state index in [4.69, 9.17) is 20.3 Å². The molecule has 4 atom stereocenters. The van der Waals surface area contributed by atoms with E-state index in [1.54, 1.807) is 0 Å². The van der Waals surface area contributed by atoms with Crippen molar-refractivity contribution in [3.8, 4) is 0 Å². The summed E-state index contributed by atoms with van der Waals surface area (Å²) >= 11 is 3.06. The lowest BCUT2D eigenvalue weighted by molar-refractivity contribution is -0.0543. The zero-order valence-electron chi connectivity index (χ0n) is 10.8. The Kier molecular flexibility index (Phi) is 5.04. The number of rotatable bonds is 4. The second-order valence-corrected chi connectivity index (χ2v) is 6.59. The van der Waals surface area contributed by atoms with Gasteiger partial charge in [-0.1, -0.05) is 0 Å². The largest absolute Gasteiger partial charge is 0.469 e. The number of anilines is 1. The van der Waals surface area contributed by atoms with Crippen molar-refractivity contribution < 1.29 is 33.8 Å². The third-order valence-corrected chi connectivity index (χ3v) is 4.05. The molecule has 1 saturated heterocycles. The fourth-order valence-corrected chi connectivity index (χ4v) is 2.56. The van der Waals surface area contributed by atoms with Crippen LogP contribution in [0.25, 0.3) is 0 Å². The van der Waals surface area contributed by atoms with Crippen LogP contribution in [0.2, 0.25) is 0 Å². The van der Waals surface area contributed by atoms with Gasteiger partial charge in [-0.05, 0) is 15.9 Å². The number of aliphatic hydroxyl groups is 2. The van der Waals surface area contributed by atoms with Crippen molar-refractivity contribution in [2.45, 2.75) is 24.5 Å². The highest BCUT2D eigenvalue weighted by molar-refractivity contribution is 9.10. The van der Waals surface area contributed by atoms with Crippen LogP contribution in [0.15, 0.2) is 15.5 Å². The van der Waals surface area contributed by atoms with Gasteiger partial charge in [0.2, 0.25) is 0 Å². The molecule has 22 heavy (non-hydrogen) atoms. The lowest BCUT2D eigenvalue weighted by atomic mass is 10.1. The minimum Gasteiger partial charge on any atom is -0.387 e. The van der Waals surface area contributed by atoms with Gasteiger partial charge in [0.15, 0.2) is 6.23 Å². The molecule has 0 radical (unpaired) electrons. The van der Waals surface area contributed by atoms with Crippen LogP contribution in [-0.4, -0.2) is 54.5 Å². The predicted molar refractivity (Wildman–Crippen MR) is 74.5 cm³/mol. The maximum atomic E-state index is 11.8. The van der Waals surface area contributed by atoms with E-state index in [9.17, 15) is 19.6 Å². The second kappa shape index (κ2) is 6.34. The molecule has 13 heteroatoms. The molecule has 1 fully saturated rings. The van der Waals surface area contributed by atoms with Gasteiger partial charge in [0, 0.05) is 6.20 Å². The molecule has 6 N–H and O–H groups in total. The highest BCUT2D eigenvalue weighted by atomic mass is 79.9. The van der Waals surface area contributed by atoms with Gasteiger partial charge in [-0.3, -0.25) is 9.09 Å². The SMILES string of the molecule is Nc1nc(=O)n([C@@H]2O[C@H](COP(=O)(O)O)C(O)C2O)cc1Br. The number of aliphatic hydroxyl groups excluding tert-OH is 2. The van der Waals surface area contributed by atoms with E-state index in [0.29, 0.717) is 0 Å². The monoisotopic (exact) mass is 401 g/mol. The molecule has 2 unspecified atom stereocenters. The molecule has 2 rings (SSSR count). The Morgan fingerprint density at radius 3 is 2.68 bits per heavy atom. The Morgan fingerprint density at radius 1 is 1.45 bits per heavy atom. The van der Waals surface area contributed by atoms with E-state index in [1.165, 1.54) is 6.20 Å². The van der Waals surface area contributed by atoms with Gasteiger partial charge in [-0.15, -0.1) is 0 Å². The zero-order valence-corrected chi connectivity index (χ0v) is 13.3. The standard InChI is InChI=1S/C9H13BrN3O8P/c10-3-1-13(9(16)12-7(3)11)8-6(15)5(14)4(21-8)2-20-22(17,18)19/h1,4-6,8,14-15H,2H2,(H2,11,12,16)(H2,17,18,19)/t4-,5?,6?,8-/m1/s1. The molecule has 124 valence electrons. The first-order valence-corrected chi connectivity index (χ1v) is 8.18. The smallest absolute Gasteiger partial charge is 0.387 e. The van der Waals surface area contributed by atoms with E-state index in [-0.39, 0.29) is 10.3 Å². The minimum atomic E-state index is -4.76. The van der Waals surface area contributed by atoms with Crippen molar-refractivity contribution in [3.05, 3.63) is 21.2 Å². The van der Waals surface area contributed by atoms with Crippen LogP contribution >= 0.6 is 23.8 Å². The lowest BCUT2D eigenvalue weighted by Crippen LogP contribution is -2.36. The molecular weight excluding hydrogens is 389 g/mol. The highest BCUT2D eigenvalue weighted by Gasteiger charge is 2.45. The summed E-state index contributed by atoms with van der Waals surface area (Å²) in [5, 5.41) is 19.8. The van der Waals surface area contributed by atoms with Crippen LogP contribution in [0.1, 0.15) is 6.23 Å². The van der Waals surface area contributed by atoms with Gasteiger partial charge in [-0.2, -0.15) is 4.98 Å². The molecule has 0 spiro atoms. The van der Waals surface area contributed by atoms with E-state index in [1.807, 2.05) is 0 Å². The van der Waals surface area contributed by atoms with Crippen molar-refractivity contribution in [2.24, 2.45) is 0 Å². The van der Waals surface area contributed by atoms with Gasteiger partial charge in [0.25, 0.3) is 0 Å². The molecular formula is C9H13BrN3O8P. The van der Waals surface area contributed by atoms with Crippen molar-refractivity contribution in [1.29, 1.82) is 0 Å². The molecule has 1 aromatic heterocycles. The van der Waals surface area contributed by atoms with Crippen molar-refractivity contribution in [1.82, 2.24) is 9.55 Å². The molecule has 0 saturated carbocycles. The fourth-order valence-electron chi connectivity index (χ4n) is 1.91. The molecule has 0 aromatic carbocycles. The van der Waals surface area contributed by atoms with Gasteiger partial charge >= 0.3 is 13.5 Å². The number of hydrogen-bond acceptors (Lipinski definition) is 8. The number of phosphoric acid groups is 1. The number of hydrogen-bond donors (Lipinski definition) is 5. The number of halogens is 1. The van der Waals surface area contributed by atoms with Crippen molar-refractivity contribution in [3.63, 3.8) is 0 Å². The zero-order chi connectivity index (χ0) is 16.7. The molecule has 0 amide bonds. The first-order valence-electron chi connectivity index (χ1n) is 5.86. The predicted octanol–water partition coefficient (Wildman–Crippen LogP) is -1.68. The summed E-state index contributed by atoms with van der Waals surface area (Å²) in [6, 6.07) is 0. The van der Waals surface area contributed by atoms with Gasteiger partial charge in [-0.25, -0.2) is 9.36 Å². The van der Waals surface area contributed by atoms with Crippen LogP contribution in [0, 0.1) is 0 Å². The lowest BCUT2D eigenvalue weighted by Gasteiger charge is -2.17. The number of aromatic nitrogens is 2. The third-order valence-electron chi connectivity index (χ3n) is 2.95. The number of nitrogens with two attached hydrogens (primary N) is 1. The van der Waals surface area contributed by atoms with E-state index < -0.39 is 44.7 Å². The Labute approximate surface area is 131 Å². The Balaban J connectivity index is 2.22. The maximum Gasteiger partial charge on any atom is 0.469 e. The second-order valence-electron chi connectivity index (χ2n) is 4.50. The number of nitrogens with zero attached hydrogens (tertiary/aromatic N) is 2. The first kappa shape index (κ1) is 17.5. The summed E-state index contributed by atoms with van der Waals surface area (Å²) in [5.74, 6) is -0.0596. The topological polar surface area (TPSA) is 177 Å². The third kappa shape index (κ3) is 3.73. The van der Waals surface area contributed by atoms with Crippen LogP contribution < -0.4 is 11.4 Å². The van der Waals surface area contributed by atoms with Gasteiger partial charge < -0.3 is 30.5 Å². The van der Waals surface area contributed by atoms with Crippen LogP contribution in [0.4, 0.5) is 5.82 Å². The Morgan fingerprint density at radius 2 is 2.09 bits per heavy atom. The summed E-state index contributed by atoms with van der Waals surface area (Å²) < 4.78 is 21.3. The summed E-state index contributed by atoms with van der Waals surface area (Å²) in [7, 11) is -4.76. The van der Waals surface area contributed by atoms with Gasteiger partial charge in [0.1, 0.15) is 24.1 Å². The minimum absolute atomic E-state index is 0.0596. The Bertz CT molecular complexity index is 663. The molecule has 1 aromatic rings. The molecule has 0 bridgehead atoms. The van der Waals surface area contributed by atoms with Gasteiger partial charge in [0.05, 0.1) is 11.1 Å². The number of nitrogen functional groups attached to an aromatic ring is 1. The Hall–Kier alpha value is -0.850. The molecule has 1 aliphatic rings. The van der Waals surface area contributed by atoms with E-state index in [0.717, 1.165) is 4.57 Å². The molecule has 1 aliphatic heterocycles. The number of phosphoric ester groups is 1. The van der Waals surface area contributed by atoms with Crippen molar-refractivity contribution >= 4 is 29.6 Å². The molecule has 0 aliphatic carbocycles. The molecule has 2 heterocycles. The van der Waals surface area contributed by atoms with Crippen LogP contribution in [0.3, 0.4) is 0 Å². The summed E-state index contributed by atoms with van der Waals surface area (Å²) in [6.07, 6.45) is -4.37. The quantitative estimate of drug-likeness (QED) is 0.365. The average Bonchev–Trinajstić information content (AvgIpc) is 2.68. The normalized spacial score (nSPS) is 29.0. The summed E-state index contributed by atoms with van der Waals surface area (Å²) in [5.41, 5.74) is 4.62. The van der Waals surface area contributed by atoms with Crippen LogP contribution in [-0.2, 0) is 13.8 Å².